The second kappa shape index (κ2) is 4.06. The molecule has 0 atom stereocenters. The molecule has 0 unspecified atom stereocenters. The summed E-state index contributed by atoms with van der Waals surface area (Å²) in [6, 6.07) is 4.17. The summed E-state index contributed by atoms with van der Waals surface area (Å²) in [7, 11) is 0. The van der Waals surface area contributed by atoms with Gasteiger partial charge in [-0.3, -0.25) is 4.79 Å². The Bertz CT molecular complexity index is 576. The molecule has 17 heavy (non-hydrogen) atoms. The number of alkyl halides is 3. The van der Waals surface area contributed by atoms with Crippen molar-refractivity contribution in [3.63, 3.8) is 0 Å². The van der Waals surface area contributed by atoms with Crippen molar-refractivity contribution < 1.29 is 22.4 Å². The zero-order valence-corrected chi connectivity index (χ0v) is 9.35. The van der Waals surface area contributed by atoms with E-state index in [1.807, 2.05) is 0 Å². The van der Waals surface area contributed by atoms with Crippen LogP contribution in [0.4, 0.5) is 13.2 Å². The van der Waals surface area contributed by atoms with Gasteiger partial charge in [0.1, 0.15) is 5.52 Å². The van der Waals surface area contributed by atoms with Crippen molar-refractivity contribution in [3.8, 4) is 0 Å². The average Bonchev–Trinajstić information content (AvgIpc) is 2.60. The number of aromatic nitrogens is 1. The van der Waals surface area contributed by atoms with E-state index < -0.39 is 11.3 Å². The second-order valence-electron chi connectivity index (χ2n) is 3.23. The highest BCUT2D eigenvalue weighted by Gasteiger charge is 2.31. The van der Waals surface area contributed by atoms with E-state index in [9.17, 15) is 18.0 Å². The molecule has 7 heteroatoms. The molecule has 1 aromatic carbocycles. The normalized spacial score (nSPS) is 12.0. The van der Waals surface area contributed by atoms with E-state index in [0.29, 0.717) is 0 Å². The van der Waals surface area contributed by atoms with Crippen LogP contribution in [0.3, 0.4) is 0 Å². The number of hydrogen-bond acceptors (Lipinski definition) is 4. The second-order valence-corrected chi connectivity index (χ2v) is 4.33. The third kappa shape index (κ3) is 2.60. The number of halogens is 3. The fourth-order valence-electron chi connectivity index (χ4n) is 1.28. The Labute approximate surface area is 98.0 Å². The van der Waals surface area contributed by atoms with Crippen molar-refractivity contribution >= 4 is 28.6 Å². The number of thioether (sulfide) groups is 1. The number of oxazole rings is 1. The van der Waals surface area contributed by atoms with E-state index in [-0.39, 0.29) is 33.6 Å². The summed E-state index contributed by atoms with van der Waals surface area (Å²) in [5.41, 5.74) is -4.17. The van der Waals surface area contributed by atoms with Gasteiger partial charge in [-0.2, -0.15) is 13.2 Å². The third-order valence-electron chi connectivity index (χ3n) is 1.91. The molecule has 0 radical (unpaired) electrons. The molecule has 0 spiro atoms. The van der Waals surface area contributed by atoms with Crippen LogP contribution in [-0.2, 0) is 0 Å². The van der Waals surface area contributed by atoms with Gasteiger partial charge in [0.25, 0.3) is 5.89 Å². The van der Waals surface area contributed by atoms with E-state index in [1.165, 1.54) is 25.1 Å². The van der Waals surface area contributed by atoms with Gasteiger partial charge in [0.2, 0.25) is 5.78 Å². The summed E-state index contributed by atoms with van der Waals surface area (Å²) < 4.78 is 41.9. The average molecular weight is 261 g/mol. The van der Waals surface area contributed by atoms with Crippen LogP contribution in [-0.4, -0.2) is 16.3 Å². The fraction of sp³-hybridized carbons (Fsp3) is 0.200. The molecular weight excluding hydrogens is 255 g/mol. The summed E-state index contributed by atoms with van der Waals surface area (Å²) in [4.78, 5) is 14.7. The number of nitrogens with zero attached hydrogens (tertiary/aromatic N) is 1. The first-order chi connectivity index (χ1) is 7.87. The predicted octanol–water partition coefficient (Wildman–Crippen LogP) is 3.64. The molecule has 2 rings (SSSR count). The maximum Gasteiger partial charge on any atom is 0.446 e. The summed E-state index contributed by atoms with van der Waals surface area (Å²) in [5, 5.41) is 0. The minimum absolute atomic E-state index is 0.0556. The zero-order chi connectivity index (χ0) is 12.6. The lowest BCUT2D eigenvalue weighted by atomic mass is 10.3. The quantitative estimate of drug-likeness (QED) is 0.611. The highest BCUT2D eigenvalue weighted by atomic mass is 32.2. The van der Waals surface area contributed by atoms with Crippen molar-refractivity contribution in [3.05, 3.63) is 24.1 Å². The summed E-state index contributed by atoms with van der Waals surface area (Å²) in [5.74, 6) is -0.612. The molecule has 0 fully saturated rings. The molecule has 0 aliphatic heterocycles. The molecular formula is C10H6F3NO2S. The molecule has 1 aromatic heterocycles. The standard InChI is InChI=1S/C10H6F3NO2S/c1-5(15)9-14-8-6(16-9)3-2-4-7(8)17-10(11,12)13/h2-4H,1H3. The lowest BCUT2D eigenvalue weighted by molar-refractivity contribution is -0.0327. The number of para-hydroxylation sites is 1. The molecule has 0 bridgehead atoms. The molecule has 1 heterocycles. The first kappa shape index (κ1) is 12.0. The Hall–Kier alpha value is -1.50. The number of Topliss-reactive ketones (excluding diaryl/α,β-unsaturated/α-hetero) is 1. The van der Waals surface area contributed by atoms with Crippen molar-refractivity contribution in [2.45, 2.75) is 17.3 Å². The van der Waals surface area contributed by atoms with Gasteiger partial charge >= 0.3 is 5.51 Å². The first-order valence-corrected chi connectivity index (χ1v) is 5.35. The molecule has 0 amide bonds. The molecule has 0 saturated carbocycles. The third-order valence-corrected chi connectivity index (χ3v) is 2.69. The van der Waals surface area contributed by atoms with E-state index in [4.69, 9.17) is 4.42 Å². The van der Waals surface area contributed by atoms with E-state index in [0.717, 1.165) is 0 Å². The fourth-order valence-corrected chi connectivity index (χ4v) is 1.92. The Morgan fingerprint density at radius 3 is 2.71 bits per heavy atom. The van der Waals surface area contributed by atoms with Crippen molar-refractivity contribution in [2.75, 3.05) is 0 Å². The highest BCUT2D eigenvalue weighted by molar-refractivity contribution is 8.00. The van der Waals surface area contributed by atoms with Crippen LogP contribution in [0.2, 0.25) is 0 Å². The minimum Gasteiger partial charge on any atom is -0.434 e. The van der Waals surface area contributed by atoms with Crippen LogP contribution in [0.1, 0.15) is 17.6 Å². The molecule has 0 N–H and O–H groups in total. The molecule has 2 aromatic rings. The van der Waals surface area contributed by atoms with Gasteiger partial charge in [0.15, 0.2) is 5.58 Å². The smallest absolute Gasteiger partial charge is 0.434 e. The number of carbonyl (C=O) groups is 1. The Kier molecular flexibility index (Phi) is 2.86. The van der Waals surface area contributed by atoms with Gasteiger partial charge in [-0.05, 0) is 23.9 Å². The Balaban J connectivity index is 2.53. The van der Waals surface area contributed by atoms with Gasteiger partial charge in [-0.15, -0.1) is 0 Å². The number of carbonyl (C=O) groups excluding carboxylic acids is 1. The van der Waals surface area contributed by atoms with Gasteiger partial charge in [0.05, 0.1) is 0 Å². The van der Waals surface area contributed by atoms with Crippen molar-refractivity contribution in [2.24, 2.45) is 0 Å². The van der Waals surface area contributed by atoms with Crippen molar-refractivity contribution in [1.29, 1.82) is 0 Å². The number of hydrogen-bond donors (Lipinski definition) is 0. The number of ketones is 1. The lowest BCUT2D eigenvalue weighted by Crippen LogP contribution is -1.99. The highest BCUT2D eigenvalue weighted by Crippen LogP contribution is 2.39. The van der Waals surface area contributed by atoms with Crippen LogP contribution in [0.5, 0.6) is 0 Å². The number of rotatable bonds is 2. The minimum atomic E-state index is -4.40. The summed E-state index contributed by atoms with van der Waals surface area (Å²) in [6.45, 7) is 1.24. The van der Waals surface area contributed by atoms with Crippen LogP contribution < -0.4 is 0 Å². The SMILES string of the molecule is CC(=O)c1nc2c(SC(F)(F)F)cccc2o1. The van der Waals surface area contributed by atoms with Gasteiger partial charge in [0, 0.05) is 11.8 Å². The topological polar surface area (TPSA) is 43.1 Å². The van der Waals surface area contributed by atoms with Crippen LogP contribution >= 0.6 is 11.8 Å². The van der Waals surface area contributed by atoms with E-state index in [1.54, 1.807) is 0 Å². The Morgan fingerprint density at radius 1 is 1.41 bits per heavy atom. The Morgan fingerprint density at radius 2 is 2.12 bits per heavy atom. The van der Waals surface area contributed by atoms with Crippen LogP contribution in [0.25, 0.3) is 11.1 Å². The van der Waals surface area contributed by atoms with Gasteiger partial charge < -0.3 is 4.42 Å². The monoisotopic (exact) mass is 261 g/mol. The molecule has 3 nitrogen and oxygen atoms in total. The molecule has 0 saturated heterocycles. The van der Waals surface area contributed by atoms with Gasteiger partial charge in [-0.1, -0.05) is 6.07 Å². The maximum absolute atomic E-state index is 12.3. The largest absolute Gasteiger partial charge is 0.446 e. The van der Waals surface area contributed by atoms with E-state index in [2.05, 4.69) is 4.98 Å². The first-order valence-electron chi connectivity index (χ1n) is 4.53. The summed E-state index contributed by atoms with van der Waals surface area (Å²) >= 11 is -0.279. The lowest BCUT2D eigenvalue weighted by Gasteiger charge is -2.04. The van der Waals surface area contributed by atoms with E-state index >= 15 is 0 Å². The predicted molar refractivity (Wildman–Crippen MR) is 55.9 cm³/mol. The summed E-state index contributed by atoms with van der Waals surface area (Å²) in [6.07, 6.45) is 0. The molecule has 90 valence electrons. The van der Waals surface area contributed by atoms with Crippen LogP contribution in [0.15, 0.2) is 27.5 Å². The number of benzene rings is 1. The molecule has 0 aliphatic carbocycles. The molecule has 0 aliphatic rings. The van der Waals surface area contributed by atoms with Crippen LogP contribution in [0, 0.1) is 0 Å². The zero-order valence-electron chi connectivity index (χ0n) is 8.54. The van der Waals surface area contributed by atoms with Gasteiger partial charge in [-0.25, -0.2) is 4.98 Å². The maximum atomic E-state index is 12.3. The number of fused-ring (bicyclic) bond motifs is 1. The van der Waals surface area contributed by atoms with Crippen molar-refractivity contribution in [1.82, 2.24) is 4.98 Å².